The summed E-state index contributed by atoms with van der Waals surface area (Å²) in [5.74, 6) is 0. The lowest BCUT2D eigenvalue weighted by Gasteiger charge is -2.46. The van der Waals surface area contributed by atoms with Gasteiger partial charge in [-0.3, -0.25) is 4.90 Å². The van der Waals surface area contributed by atoms with Crippen molar-refractivity contribution in [1.82, 2.24) is 4.90 Å². The highest BCUT2D eigenvalue weighted by atomic mass is 79.9. The summed E-state index contributed by atoms with van der Waals surface area (Å²) in [7, 11) is 2.16. The first kappa shape index (κ1) is 16.4. The Morgan fingerprint density at radius 1 is 1.40 bits per heavy atom. The first-order valence-electron chi connectivity index (χ1n) is 6.96. The van der Waals surface area contributed by atoms with Crippen LogP contribution in [0, 0.1) is 0 Å². The summed E-state index contributed by atoms with van der Waals surface area (Å²) < 4.78 is 7.43. The number of likely N-dealkylation sites (N-methyl/N-ethyl adjacent to an activating group) is 1. The Hall–Kier alpha value is 0.0600. The van der Waals surface area contributed by atoms with E-state index in [1.807, 2.05) is 0 Å². The molecule has 3 nitrogen and oxygen atoms in total. The molecule has 1 unspecified atom stereocenters. The second-order valence-electron chi connectivity index (χ2n) is 6.87. The van der Waals surface area contributed by atoms with E-state index >= 15 is 0 Å². The molecule has 0 bridgehead atoms. The average molecular weight is 361 g/mol. The first-order valence-corrected chi connectivity index (χ1v) is 8.64. The summed E-state index contributed by atoms with van der Waals surface area (Å²) in [5, 5.41) is 2.12. The van der Waals surface area contributed by atoms with Crippen LogP contribution in [-0.2, 0) is 11.3 Å². The van der Waals surface area contributed by atoms with Gasteiger partial charge in [-0.25, -0.2) is 0 Å². The Morgan fingerprint density at radius 3 is 2.45 bits per heavy atom. The van der Waals surface area contributed by atoms with E-state index in [2.05, 4.69) is 67.0 Å². The van der Waals surface area contributed by atoms with E-state index in [1.54, 1.807) is 11.3 Å². The van der Waals surface area contributed by atoms with Crippen LogP contribution < -0.4 is 5.73 Å². The predicted octanol–water partition coefficient (Wildman–Crippen LogP) is 3.62. The highest BCUT2D eigenvalue weighted by Crippen LogP contribution is 2.48. The van der Waals surface area contributed by atoms with E-state index in [9.17, 15) is 0 Å². The minimum absolute atomic E-state index is 0.132. The molecule has 1 aliphatic heterocycles. The van der Waals surface area contributed by atoms with Crippen molar-refractivity contribution in [2.75, 3.05) is 13.6 Å². The van der Waals surface area contributed by atoms with Crippen molar-refractivity contribution in [2.45, 2.75) is 57.4 Å². The van der Waals surface area contributed by atoms with Crippen molar-refractivity contribution in [2.24, 2.45) is 5.73 Å². The fourth-order valence-corrected chi connectivity index (χ4v) is 5.13. The van der Waals surface area contributed by atoms with Gasteiger partial charge >= 0.3 is 0 Å². The van der Waals surface area contributed by atoms with Crippen LogP contribution in [0.2, 0.25) is 0 Å². The van der Waals surface area contributed by atoms with Crippen LogP contribution in [-0.4, -0.2) is 35.2 Å². The van der Waals surface area contributed by atoms with E-state index in [-0.39, 0.29) is 16.7 Å². The summed E-state index contributed by atoms with van der Waals surface area (Å²) in [6.07, 6.45) is 0.951. The van der Waals surface area contributed by atoms with Crippen molar-refractivity contribution in [3.63, 3.8) is 0 Å². The molecular weight excluding hydrogens is 336 g/mol. The van der Waals surface area contributed by atoms with Gasteiger partial charge in [-0.1, -0.05) is 0 Å². The van der Waals surface area contributed by atoms with Crippen molar-refractivity contribution in [3.8, 4) is 0 Å². The monoisotopic (exact) mass is 360 g/mol. The average Bonchev–Trinajstić information content (AvgIpc) is 2.77. The molecule has 0 amide bonds. The molecule has 5 heteroatoms. The van der Waals surface area contributed by atoms with Crippen LogP contribution in [0.5, 0.6) is 0 Å². The second-order valence-corrected chi connectivity index (χ2v) is 8.78. The molecule has 1 saturated heterocycles. The molecule has 1 aliphatic rings. The molecule has 114 valence electrons. The molecule has 1 aromatic heterocycles. The molecule has 0 spiro atoms. The number of hydrogen-bond acceptors (Lipinski definition) is 4. The highest BCUT2D eigenvalue weighted by molar-refractivity contribution is 9.10. The maximum absolute atomic E-state index is 6.28. The van der Waals surface area contributed by atoms with Gasteiger partial charge in [0, 0.05) is 27.8 Å². The summed E-state index contributed by atoms with van der Waals surface area (Å²) in [5.41, 5.74) is 5.68. The Labute approximate surface area is 134 Å². The minimum Gasteiger partial charge on any atom is -0.368 e. The largest absolute Gasteiger partial charge is 0.368 e. The second kappa shape index (κ2) is 5.36. The fourth-order valence-electron chi connectivity index (χ4n) is 3.63. The molecule has 2 N–H and O–H groups in total. The molecule has 20 heavy (non-hydrogen) atoms. The fraction of sp³-hybridized carbons (Fsp3) is 0.733. The zero-order chi connectivity index (χ0) is 15.2. The molecule has 0 saturated carbocycles. The first-order chi connectivity index (χ1) is 9.12. The molecule has 1 atom stereocenters. The van der Waals surface area contributed by atoms with Gasteiger partial charge in [0.1, 0.15) is 0 Å². The van der Waals surface area contributed by atoms with Crippen LogP contribution >= 0.6 is 27.3 Å². The van der Waals surface area contributed by atoms with E-state index in [1.165, 1.54) is 4.88 Å². The van der Waals surface area contributed by atoms with Crippen LogP contribution in [0.4, 0.5) is 0 Å². The van der Waals surface area contributed by atoms with E-state index in [4.69, 9.17) is 10.5 Å². The standard InChI is InChI=1S/C15H25BrN2OS/c1-13(2)9-15(10-17,14(3,4)19-13)18(5)7-12-6-11(16)8-20-12/h6,8H,7,9-10,17H2,1-5H3. The topological polar surface area (TPSA) is 38.5 Å². The van der Waals surface area contributed by atoms with E-state index < -0.39 is 0 Å². The Balaban J connectivity index is 2.26. The molecule has 0 aliphatic carbocycles. The highest BCUT2D eigenvalue weighted by Gasteiger charge is 2.58. The minimum atomic E-state index is -0.255. The Kier molecular flexibility index (Phi) is 4.40. The third-order valence-electron chi connectivity index (χ3n) is 4.45. The Morgan fingerprint density at radius 2 is 2.05 bits per heavy atom. The summed E-state index contributed by atoms with van der Waals surface area (Å²) >= 11 is 5.29. The lowest BCUT2D eigenvalue weighted by atomic mass is 9.77. The van der Waals surface area contributed by atoms with Gasteiger partial charge in [-0.15, -0.1) is 11.3 Å². The number of halogens is 1. The van der Waals surface area contributed by atoms with Crippen molar-refractivity contribution < 1.29 is 4.74 Å². The summed E-state index contributed by atoms with van der Waals surface area (Å²) in [6.45, 7) is 10.1. The third-order valence-corrected chi connectivity index (χ3v) is 6.14. The third kappa shape index (κ3) is 2.83. The number of nitrogens with zero attached hydrogens (tertiary/aromatic N) is 1. The van der Waals surface area contributed by atoms with E-state index in [0.29, 0.717) is 6.54 Å². The summed E-state index contributed by atoms with van der Waals surface area (Å²) in [4.78, 5) is 3.72. The van der Waals surface area contributed by atoms with Crippen LogP contribution in [0.1, 0.15) is 39.0 Å². The smallest absolute Gasteiger partial charge is 0.0830 e. The molecule has 1 aromatic rings. The van der Waals surface area contributed by atoms with Gasteiger partial charge in [0.25, 0.3) is 0 Å². The lowest BCUT2D eigenvalue weighted by molar-refractivity contribution is -0.101. The summed E-state index contributed by atoms with van der Waals surface area (Å²) in [6, 6.07) is 2.18. The maximum atomic E-state index is 6.28. The SMILES string of the molecule is CN(Cc1cc(Br)cs1)C1(CN)CC(C)(C)OC1(C)C. The molecule has 0 radical (unpaired) electrons. The molecule has 0 aromatic carbocycles. The quantitative estimate of drug-likeness (QED) is 0.890. The molecule has 2 heterocycles. The van der Waals surface area contributed by atoms with Gasteiger partial charge in [0.05, 0.1) is 16.7 Å². The molecule has 2 rings (SSSR count). The normalized spacial score (nSPS) is 28.2. The zero-order valence-corrected chi connectivity index (χ0v) is 15.4. The van der Waals surface area contributed by atoms with Gasteiger partial charge in [0.2, 0.25) is 0 Å². The van der Waals surface area contributed by atoms with Crippen LogP contribution in [0.3, 0.4) is 0 Å². The van der Waals surface area contributed by atoms with Gasteiger partial charge in [0.15, 0.2) is 0 Å². The van der Waals surface area contributed by atoms with Crippen LogP contribution in [0.15, 0.2) is 15.9 Å². The van der Waals surface area contributed by atoms with Gasteiger partial charge in [-0.05, 0) is 63.2 Å². The number of thiophene rings is 1. The molecule has 1 fully saturated rings. The number of nitrogens with two attached hydrogens (primary N) is 1. The number of ether oxygens (including phenoxy) is 1. The maximum Gasteiger partial charge on any atom is 0.0830 e. The number of rotatable bonds is 4. The zero-order valence-electron chi connectivity index (χ0n) is 13.0. The van der Waals surface area contributed by atoms with Crippen LogP contribution in [0.25, 0.3) is 0 Å². The predicted molar refractivity (Wildman–Crippen MR) is 89.1 cm³/mol. The Bertz CT molecular complexity index is 486. The van der Waals surface area contributed by atoms with E-state index in [0.717, 1.165) is 17.4 Å². The number of hydrogen-bond donors (Lipinski definition) is 1. The van der Waals surface area contributed by atoms with Gasteiger partial charge in [-0.2, -0.15) is 0 Å². The van der Waals surface area contributed by atoms with Crippen molar-refractivity contribution in [1.29, 1.82) is 0 Å². The lowest BCUT2D eigenvalue weighted by Crippen LogP contribution is -2.61. The molecular formula is C15H25BrN2OS. The van der Waals surface area contributed by atoms with Gasteiger partial charge < -0.3 is 10.5 Å². The van der Waals surface area contributed by atoms with Crippen molar-refractivity contribution >= 4 is 27.3 Å². The van der Waals surface area contributed by atoms with Crippen molar-refractivity contribution in [3.05, 3.63) is 20.8 Å².